The van der Waals surface area contributed by atoms with Crippen LogP contribution in [0.2, 0.25) is 0 Å². The van der Waals surface area contributed by atoms with Crippen molar-refractivity contribution in [1.82, 2.24) is 0 Å². The van der Waals surface area contributed by atoms with Crippen LogP contribution in [0.3, 0.4) is 0 Å². The highest BCUT2D eigenvalue weighted by atomic mass is 16.7. The van der Waals surface area contributed by atoms with Crippen molar-refractivity contribution in [2.45, 2.75) is 85.1 Å². The van der Waals surface area contributed by atoms with Crippen molar-refractivity contribution in [3.63, 3.8) is 0 Å². The summed E-state index contributed by atoms with van der Waals surface area (Å²) < 4.78 is 35.6. The highest BCUT2D eigenvalue weighted by Gasteiger charge is 2.52. The maximum atomic E-state index is 12.2. The standard InChI is InChI=1S/C22H31NO15/c1-9(24)32-8-16(33-10(2)25)17(34-11(3)26)18(35-12(4)27)19(36-13(5)28)20(37-14(6)29)21(22(23)31)38-15(7)30/h16-21H,8H2,1-7H3,(H2,23,31)/t16-,17+,18-,19-,20-,21-/m0/s1. The van der Waals surface area contributed by atoms with Gasteiger partial charge in [0.15, 0.2) is 30.5 Å². The third-order valence-electron chi connectivity index (χ3n) is 4.19. The molecule has 0 rings (SSSR count). The summed E-state index contributed by atoms with van der Waals surface area (Å²) in [6.45, 7) is 5.71. The number of ether oxygens (including phenoxy) is 7. The van der Waals surface area contributed by atoms with Crippen LogP contribution in [0.15, 0.2) is 0 Å². The largest absolute Gasteiger partial charge is 0.462 e. The fourth-order valence-corrected chi connectivity index (χ4v) is 3.14. The molecule has 0 aliphatic heterocycles. The number of rotatable bonds is 14. The maximum absolute atomic E-state index is 12.2. The van der Waals surface area contributed by atoms with Crippen molar-refractivity contribution in [1.29, 1.82) is 0 Å². The summed E-state index contributed by atoms with van der Waals surface area (Å²) in [4.78, 5) is 95.2. The van der Waals surface area contributed by atoms with E-state index in [1.165, 1.54) is 0 Å². The van der Waals surface area contributed by atoms with Gasteiger partial charge in [0.25, 0.3) is 5.91 Å². The van der Waals surface area contributed by atoms with Crippen LogP contribution >= 0.6 is 0 Å². The molecule has 0 aromatic carbocycles. The highest BCUT2D eigenvalue weighted by molar-refractivity contribution is 5.83. The number of primary amides is 1. The van der Waals surface area contributed by atoms with Gasteiger partial charge in [-0.3, -0.25) is 38.4 Å². The minimum absolute atomic E-state index is 0.751. The van der Waals surface area contributed by atoms with Gasteiger partial charge in [-0.2, -0.15) is 0 Å². The number of carbonyl (C=O) groups excluding carboxylic acids is 8. The lowest BCUT2D eigenvalue weighted by atomic mass is 9.94. The number of hydrogen-bond acceptors (Lipinski definition) is 15. The summed E-state index contributed by atoms with van der Waals surface area (Å²) in [5.41, 5.74) is 5.33. The van der Waals surface area contributed by atoms with Crippen molar-refractivity contribution < 1.29 is 71.5 Å². The van der Waals surface area contributed by atoms with E-state index in [0.717, 1.165) is 48.5 Å². The third kappa shape index (κ3) is 12.6. The molecule has 0 saturated carbocycles. The van der Waals surface area contributed by atoms with Crippen LogP contribution in [0.4, 0.5) is 0 Å². The first-order valence-corrected chi connectivity index (χ1v) is 10.9. The molecule has 6 atom stereocenters. The van der Waals surface area contributed by atoms with E-state index < -0.39 is 90.9 Å². The molecule has 0 unspecified atom stereocenters. The zero-order valence-corrected chi connectivity index (χ0v) is 21.9. The van der Waals surface area contributed by atoms with Crippen LogP contribution in [0.1, 0.15) is 48.5 Å². The predicted molar refractivity (Wildman–Crippen MR) is 119 cm³/mol. The lowest BCUT2D eigenvalue weighted by Gasteiger charge is -2.39. The Morgan fingerprint density at radius 1 is 0.474 bits per heavy atom. The van der Waals surface area contributed by atoms with Crippen LogP contribution in [-0.2, 0) is 71.5 Å². The van der Waals surface area contributed by atoms with Gasteiger partial charge in [0, 0.05) is 48.5 Å². The Hall–Kier alpha value is -4.24. The molecule has 0 aliphatic carbocycles. The van der Waals surface area contributed by atoms with E-state index in [9.17, 15) is 38.4 Å². The predicted octanol–water partition coefficient (Wildman–Crippen LogP) is -1.37. The smallest absolute Gasteiger partial charge is 0.303 e. The van der Waals surface area contributed by atoms with Crippen LogP contribution in [0.25, 0.3) is 0 Å². The van der Waals surface area contributed by atoms with Crippen molar-refractivity contribution in [2.24, 2.45) is 5.73 Å². The van der Waals surface area contributed by atoms with E-state index in [1.807, 2.05) is 0 Å². The number of esters is 7. The molecular formula is C22H31NO15. The quantitative estimate of drug-likeness (QED) is 0.195. The summed E-state index contributed by atoms with van der Waals surface area (Å²) in [5.74, 6) is -8.55. The van der Waals surface area contributed by atoms with Gasteiger partial charge >= 0.3 is 41.8 Å². The lowest BCUT2D eigenvalue weighted by molar-refractivity contribution is -0.221. The molecule has 1 amide bonds. The van der Waals surface area contributed by atoms with Crippen molar-refractivity contribution >= 4 is 47.7 Å². The Kier molecular flexibility index (Phi) is 14.0. The zero-order chi connectivity index (χ0) is 29.7. The topological polar surface area (TPSA) is 227 Å². The Balaban J connectivity index is 7.22. The number of carbonyl (C=O) groups is 8. The Morgan fingerprint density at radius 2 is 0.816 bits per heavy atom. The fourth-order valence-electron chi connectivity index (χ4n) is 3.14. The Bertz CT molecular complexity index is 930. The summed E-state index contributed by atoms with van der Waals surface area (Å²) >= 11 is 0. The summed E-state index contributed by atoms with van der Waals surface area (Å²) in [6.07, 6.45) is -11.9. The molecule has 16 heteroatoms. The number of amides is 1. The van der Waals surface area contributed by atoms with Gasteiger partial charge < -0.3 is 38.9 Å². The van der Waals surface area contributed by atoms with E-state index in [-0.39, 0.29) is 0 Å². The molecule has 0 heterocycles. The van der Waals surface area contributed by atoms with Crippen molar-refractivity contribution in [3.8, 4) is 0 Å². The summed E-state index contributed by atoms with van der Waals surface area (Å²) in [6, 6.07) is 0. The first kappa shape index (κ1) is 33.8. The Labute approximate surface area is 217 Å². The molecule has 0 saturated heterocycles. The van der Waals surface area contributed by atoms with E-state index >= 15 is 0 Å². The molecule has 2 N–H and O–H groups in total. The lowest BCUT2D eigenvalue weighted by Crippen LogP contribution is -2.61. The second-order valence-electron chi connectivity index (χ2n) is 7.68. The highest BCUT2D eigenvalue weighted by Crippen LogP contribution is 2.26. The van der Waals surface area contributed by atoms with Crippen LogP contribution in [-0.4, -0.2) is 90.9 Å². The normalized spacial score (nSPS) is 15.1. The molecule has 16 nitrogen and oxygen atoms in total. The first-order chi connectivity index (χ1) is 17.5. The van der Waals surface area contributed by atoms with E-state index in [4.69, 9.17) is 38.9 Å². The molecule has 0 aromatic heterocycles. The molecule has 0 radical (unpaired) electrons. The second kappa shape index (κ2) is 15.8. The molecule has 0 fully saturated rings. The molecule has 214 valence electrons. The number of nitrogens with two attached hydrogens (primary N) is 1. The van der Waals surface area contributed by atoms with E-state index in [0.29, 0.717) is 0 Å². The minimum Gasteiger partial charge on any atom is -0.462 e. The maximum Gasteiger partial charge on any atom is 0.303 e. The van der Waals surface area contributed by atoms with Crippen LogP contribution in [0.5, 0.6) is 0 Å². The Morgan fingerprint density at radius 3 is 1.16 bits per heavy atom. The van der Waals surface area contributed by atoms with Gasteiger partial charge in [0.05, 0.1) is 0 Å². The average molecular weight is 549 g/mol. The molecule has 0 bridgehead atoms. The molecule has 0 spiro atoms. The van der Waals surface area contributed by atoms with Crippen LogP contribution < -0.4 is 5.73 Å². The van der Waals surface area contributed by atoms with Crippen LogP contribution in [0, 0.1) is 0 Å². The average Bonchev–Trinajstić information content (AvgIpc) is 2.73. The minimum atomic E-state index is -2.11. The summed E-state index contributed by atoms with van der Waals surface area (Å²) in [5, 5.41) is 0. The van der Waals surface area contributed by atoms with Gasteiger partial charge in [-0.15, -0.1) is 0 Å². The third-order valence-corrected chi connectivity index (χ3v) is 4.19. The van der Waals surface area contributed by atoms with E-state index in [2.05, 4.69) is 0 Å². The van der Waals surface area contributed by atoms with Gasteiger partial charge in [0.1, 0.15) is 6.61 Å². The fraction of sp³-hybridized carbons (Fsp3) is 0.636. The van der Waals surface area contributed by atoms with Gasteiger partial charge in [-0.05, 0) is 0 Å². The van der Waals surface area contributed by atoms with Crippen molar-refractivity contribution in [3.05, 3.63) is 0 Å². The first-order valence-electron chi connectivity index (χ1n) is 10.9. The van der Waals surface area contributed by atoms with Crippen molar-refractivity contribution in [2.75, 3.05) is 6.61 Å². The zero-order valence-electron chi connectivity index (χ0n) is 21.9. The molecule has 0 aromatic rings. The van der Waals surface area contributed by atoms with Gasteiger partial charge in [-0.1, -0.05) is 0 Å². The monoisotopic (exact) mass is 549 g/mol. The molecule has 38 heavy (non-hydrogen) atoms. The van der Waals surface area contributed by atoms with Gasteiger partial charge in [-0.25, -0.2) is 0 Å². The summed E-state index contributed by atoms with van der Waals surface area (Å²) in [7, 11) is 0. The molecule has 0 aliphatic rings. The van der Waals surface area contributed by atoms with E-state index in [1.54, 1.807) is 0 Å². The second-order valence-corrected chi connectivity index (χ2v) is 7.68. The SMILES string of the molecule is CC(=O)OC[C@H](OC(C)=O)[C@@H](OC(C)=O)[C@H](OC(C)=O)[C@H](OC(C)=O)[C@H](OC(C)=O)[C@H](OC(C)=O)C(N)=O. The molecular weight excluding hydrogens is 518 g/mol. The van der Waals surface area contributed by atoms with Gasteiger partial charge in [0.2, 0.25) is 6.10 Å². The number of hydrogen-bond donors (Lipinski definition) is 1.